The van der Waals surface area contributed by atoms with Crippen molar-refractivity contribution < 1.29 is 8.78 Å². The molecule has 82 valence electrons. The minimum absolute atomic E-state index is 0.353. The van der Waals surface area contributed by atoms with Crippen LogP contribution in [0.4, 0.5) is 14.5 Å². The van der Waals surface area contributed by atoms with E-state index >= 15 is 0 Å². The van der Waals surface area contributed by atoms with Crippen LogP contribution in [0, 0.1) is 17.6 Å². The Morgan fingerprint density at radius 3 is 2.33 bits per heavy atom. The fraction of sp³-hybridized carbons (Fsp3) is 0.500. The van der Waals surface area contributed by atoms with Gasteiger partial charge in [0.05, 0.1) is 0 Å². The van der Waals surface area contributed by atoms with Crippen molar-refractivity contribution in [2.45, 2.75) is 32.2 Å². The number of anilines is 1. The van der Waals surface area contributed by atoms with Crippen LogP contribution in [0.25, 0.3) is 0 Å². The summed E-state index contributed by atoms with van der Waals surface area (Å²) in [6.45, 7) is 2.17. The van der Waals surface area contributed by atoms with E-state index in [4.69, 9.17) is 0 Å². The molecular weight excluding hydrogens is 196 g/mol. The van der Waals surface area contributed by atoms with Crippen LogP contribution in [0.3, 0.4) is 0 Å². The molecule has 1 aromatic carbocycles. The fourth-order valence-electron chi connectivity index (χ4n) is 2.21. The highest BCUT2D eigenvalue weighted by molar-refractivity contribution is 5.44. The van der Waals surface area contributed by atoms with Crippen molar-refractivity contribution in [3.63, 3.8) is 0 Å². The highest BCUT2D eigenvalue weighted by atomic mass is 19.1. The lowest BCUT2D eigenvalue weighted by Crippen LogP contribution is -2.21. The van der Waals surface area contributed by atoms with E-state index in [0.717, 1.165) is 12.5 Å². The monoisotopic (exact) mass is 211 g/mol. The minimum atomic E-state index is -0.525. The van der Waals surface area contributed by atoms with E-state index in [1.54, 1.807) is 0 Å². The van der Waals surface area contributed by atoms with Crippen molar-refractivity contribution in [3.8, 4) is 0 Å². The Hall–Kier alpha value is -1.12. The number of hydrogen-bond donors (Lipinski definition) is 1. The molecule has 1 saturated carbocycles. The van der Waals surface area contributed by atoms with Crippen molar-refractivity contribution in [2.75, 3.05) is 5.32 Å². The van der Waals surface area contributed by atoms with E-state index in [2.05, 4.69) is 12.2 Å². The van der Waals surface area contributed by atoms with Gasteiger partial charge in [0, 0.05) is 17.8 Å². The van der Waals surface area contributed by atoms with Crippen LogP contribution in [0.15, 0.2) is 18.2 Å². The molecule has 1 N–H and O–H groups in total. The first-order valence-electron chi connectivity index (χ1n) is 5.38. The summed E-state index contributed by atoms with van der Waals surface area (Å²) in [7, 11) is 0. The van der Waals surface area contributed by atoms with Crippen LogP contribution in [-0.4, -0.2) is 6.04 Å². The predicted octanol–water partition coefficient (Wildman–Crippen LogP) is 3.57. The van der Waals surface area contributed by atoms with E-state index in [0.29, 0.717) is 17.6 Å². The zero-order valence-corrected chi connectivity index (χ0v) is 8.76. The molecule has 2 unspecified atom stereocenters. The number of hydrogen-bond acceptors (Lipinski definition) is 1. The number of nitrogens with one attached hydrogen (secondary N) is 1. The molecule has 1 aliphatic rings. The van der Waals surface area contributed by atoms with Gasteiger partial charge in [-0.1, -0.05) is 13.3 Å². The van der Waals surface area contributed by atoms with Gasteiger partial charge in [-0.15, -0.1) is 0 Å². The number of halogens is 2. The summed E-state index contributed by atoms with van der Waals surface area (Å²) in [6.07, 6.45) is 3.46. The van der Waals surface area contributed by atoms with Crippen LogP contribution >= 0.6 is 0 Å². The van der Waals surface area contributed by atoms with E-state index < -0.39 is 11.6 Å². The quantitative estimate of drug-likeness (QED) is 0.788. The summed E-state index contributed by atoms with van der Waals surface area (Å²) >= 11 is 0. The first kappa shape index (κ1) is 10.4. The second-order valence-electron chi connectivity index (χ2n) is 4.32. The zero-order chi connectivity index (χ0) is 10.8. The Morgan fingerprint density at radius 1 is 1.13 bits per heavy atom. The smallest absolute Gasteiger partial charge is 0.128 e. The summed E-state index contributed by atoms with van der Waals surface area (Å²) in [4.78, 5) is 0. The van der Waals surface area contributed by atoms with Crippen LogP contribution in [0.1, 0.15) is 26.2 Å². The van der Waals surface area contributed by atoms with Gasteiger partial charge in [-0.2, -0.15) is 0 Å². The van der Waals surface area contributed by atoms with E-state index in [-0.39, 0.29) is 0 Å². The molecule has 1 aliphatic carbocycles. The highest BCUT2D eigenvalue weighted by Gasteiger charge is 2.23. The predicted molar refractivity (Wildman–Crippen MR) is 56.8 cm³/mol. The largest absolute Gasteiger partial charge is 0.382 e. The molecular formula is C12H15F2N. The molecule has 0 aromatic heterocycles. The van der Waals surface area contributed by atoms with Crippen LogP contribution in [0.5, 0.6) is 0 Å². The number of benzene rings is 1. The molecule has 3 heteroatoms. The maximum absolute atomic E-state index is 12.9. The van der Waals surface area contributed by atoms with Crippen molar-refractivity contribution in [2.24, 2.45) is 5.92 Å². The van der Waals surface area contributed by atoms with E-state index in [1.807, 2.05) is 0 Å². The highest BCUT2D eigenvalue weighted by Crippen LogP contribution is 2.28. The normalized spacial score (nSPS) is 25.5. The molecule has 0 bridgehead atoms. The molecule has 1 fully saturated rings. The maximum Gasteiger partial charge on any atom is 0.128 e. The lowest BCUT2D eigenvalue weighted by Gasteiger charge is -2.18. The van der Waals surface area contributed by atoms with E-state index in [9.17, 15) is 8.78 Å². The van der Waals surface area contributed by atoms with Gasteiger partial charge >= 0.3 is 0 Å². The lowest BCUT2D eigenvalue weighted by atomic mass is 10.1. The van der Waals surface area contributed by atoms with Crippen molar-refractivity contribution in [3.05, 3.63) is 29.8 Å². The molecule has 0 amide bonds. The summed E-state index contributed by atoms with van der Waals surface area (Å²) in [5, 5.41) is 3.19. The molecule has 0 aliphatic heterocycles. The van der Waals surface area contributed by atoms with Gasteiger partial charge in [0.2, 0.25) is 0 Å². The first-order chi connectivity index (χ1) is 7.15. The maximum atomic E-state index is 12.9. The summed E-state index contributed by atoms with van der Waals surface area (Å²) in [5.74, 6) is -0.470. The molecule has 1 nitrogen and oxygen atoms in total. The minimum Gasteiger partial charge on any atom is -0.382 e. The molecule has 0 saturated heterocycles. The van der Waals surface area contributed by atoms with Gasteiger partial charge in [-0.25, -0.2) is 8.78 Å². The van der Waals surface area contributed by atoms with Crippen LogP contribution in [0.2, 0.25) is 0 Å². The molecule has 1 aromatic rings. The fourth-order valence-corrected chi connectivity index (χ4v) is 2.21. The Bertz CT molecular complexity index is 331. The molecule has 15 heavy (non-hydrogen) atoms. The standard InChI is InChI=1S/C12H15F2N/c1-8-3-2-4-12(8)15-11-6-9(13)5-10(14)7-11/h5-8,12,15H,2-4H2,1H3. The first-order valence-corrected chi connectivity index (χ1v) is 5.38. The third kappa shape index (κ3) is 2.46. The Labute approximate surface area is 88.5 Å². The Morgan fingerprint density at radius 2 is 1.80 bits per heavy atom. The third-order valence-corrected chi connectivity index (χ3v) is 3.08. The SMILES string of the molecule is CC1CCCC1Nc1cc(F)cc(F)c1. The lowest BCUT2D eigenvalue weighted by molar-refractivity contribution is 0.552. The Balaban J connectivity index is 2.10. The van der Waals surface area contributed by atoms with Gasteiger partial charge < -0.3 is 5.32 Å². The van der Waals surface area contributed by atoms with Crippen molar-refractivity contribution in [1.29, 1.82) is 0 Å². The van der Waals surface area contributed by atoms with Crippen molar-refractivity contribution >= 4 is 5.69 Å². The third-order valence-electron chi connectivity index (χ3n) is 3.08. The van der Waals surface area contributed by atoms with E-state index in [1.165, 1.54) is 25.0 Å². The van der Waals surface area contributed by atoms with Gasteiger partial charge in [0.25, 0.3) is 0 Å². The van der Waals surface area contributed by atoms with Crippen molar-refractivity contribution in [1.82, 2.24) is 0 Å². The second-order valence-corrected chi connectivity index (χ2v) is 4.32. The molecule has 0 heterocycles. The summed E-state index contributed by atoms with van der Waals surface area (Å²) < 4.78 is 25.8. The van der Waals surface area contributed by atoms with Crippen LogP contribution < -0.4 is 5.32 Å². The molecule has 0 radical (unpaired) electrons. The van der Waals surface area contributed by atoms with Gasteiger partial charge in [-0.05, 0) is 30.9 Å². The van der Waals surface area contributed by atoms with Crippen LogP contribution in [-0.2, 0) is 0 Å². The van der Waals surface area contributed by atoms with Gasteiger partial charge in [0.1, 0.15) is 11.6 Å². The van der Waals surface area contributed by atoms with Gasteiger partial charge in [0.15, 0.2) is 0 Å². The molecule has 2 rings (SSSR count). The van der Waals surface area contributed by atoms with Gasteiger partial charge in [-0.3, -0.25) is 0 Å². The summed E-state index contributed by atoms with van der Waals surface area (Å²) in [6, 6.07) is 3.93. The topological polar surface area (TPSA) is 12.0 Å². The second kappa shape index (κ2) is 4.17. The zero-order valence-electron chi connectivity index (χ0n) is 8.76. The summed E-state index contributed by atoms with van der Waals surface area (Å²) in [5.41, 5.74) is 0.547. The average Bonchev–Trinajstić information content (AvgIpc) is 2.50. The average molecular weight is 211 g/mol. The molecule has 0 spiro atoms. The number of rotatable bonds is 2. The Kier molecular flexibility index (Phi) is 2.89. The molecule has 2 atom stereocenters.